The fourth-order valence-electron chi connectivity index (χ4n) is 2.59. The number of hydrogen-bond donors (Lipinski definition) is 1. The number of anilines is 1. The van der Waals surface area contributed by atoms with Crippen molar-refractivity contribution in [3.63, 3.8) is 0 Å². The molecular weight excluding hydrogens is 393 g/mol. The van der Waals surface area contributed by atoms with Gasteiger partial charge in [-0.3, -0.25) is 9.10 Å². The van der Waals surface area contributed by atoms with Gasteiger partial charge in [-0.15, -0.1) is 0 Å². The van der Waals surface area contributed by atoms with Crippen LogP contribution in [0, 0.1) is 0 Å². The lowest BCUT2D eigenvalue weighted by Crippen LogP contribution is -2.41. The number of alkyl halides is 3. The van der Waals surface area contributed by atoms with Crippen LogP contribution in [-0.4, -0.2) is 33.7 Å². The maximum atomic E-state index is 12.9. The highest BCUT2D eigenvalue weighted by atomic mass is 32.2. The van der Waals surface area contributed by atoms with Gasteiger partial charge < -0.3 is 5.32 Å². The number of nitrogens with zero attached hydrogens (tertiary/aromatic N) is 1. The van der Waals surface area contributed by atoms with E-state index in [0.29, 0.717) is 10.4 Å². The Morgan fingerprint density at radius 3 is 2.32 bits per heavy atom. The van der Waals surface area contributed by atoms with Gasteiger partial charge in [0.1, 0.15) is 6.54 Å². The van der Waals surface area contributed by atoms with Crippen LogP contribution < -0.4 is 9.62 Å². The van der Waals surface area contributed by atoms with Crippen LogP contribution in [0.15, 0.2) is 54.6 Å². The van der Waals surface area contributed by atoms with Crippen LogP contribution in [0.1, 0.15) is 24.0 Å². The van der Waals surface area contributed by atoms with E-state index in [-0.39, 0.29) is 18.2 Å². The minimum atomic E-state index is -4.62. The van der Waals surface area contributed by atoms with E-state index in [0.717, 1.165) is 24.0 Å². The largest absolute Gasteiger partial charge is 0.416 e. The Hall–Kier alpha value is -2.55. The number of hydrogen-bond acceptors (Lipinski definition) is 3. The van der Waals surface area contributed by atoms with Crippen molar-refractivity contribution in [3.05, 3.63) is 65.7 Å². The normalized spacial score (nSPS) is 13.0. The number of benzene rings is 2. The number of carbonyl (C=O) groups excluding carboxylic acids is 1. The smallest absolute Gasteiger partial charge is 0.354 e. The summed E-state index contributed by atoms with van der Waals surface area (Å²) >= 11 is 0. The maximum absolute atomic E-state index is 12.9. The molecule has 0 aromatic heterocycles. The monoisotopic (exact) mass is 414 g/mol. The van der Waals surface area contributed by atoms with E-state index in [1.807, 2.05) is 37.3 Å². The fourth-order valence-corrected chi connectivity index (χ4v) is 3.44. The van der Waals surface area contributed by atoms with Crippen molar-refractivity contribution in [2.24, 2.45) is 0 Å². The average Bonchev–Trinajstić information content (AvgIpc) is 2.63. The predicted molar refractivity (Wildman–Crippen MR) is 102 cm³/mol. The molecule has 0 radical (unpaired) electrons. The van der Waals surface area contributed by atoms with Crippen molar-refractivity contribution in [3.8, 4) is 0 Å². The van der Waals surface area contributed by atoms with Gasteiger partial charge in [-0.05, 0) is 29.7 Å². The molecule has 2 aromatic carbocycles. The predicted octanol–water partition coefficient (Wildman–Crippen LogP) is 3.39. The quantitative estimate of drug-likeness (QED) is 0.755. The summed E-state index contributed by atoms with van der Waals surface area (Å²) in [6.45, 7) is 1.56. The van der Waals surface area contributed by atoms with Crippen LogP contribution in [0.4, 0.5) is 18.9 Å². The van der Waals surface area contributed by atoms with Crippen LogP contribution in [0.2, 0.25) is 0 Å². The van der Waals surface area contributed by atoms with Gasteiger partial charge in [0.25, 0.3) is 0 Å². The van der Waals surface area contributed by atoms with Crippen LogP contribution in [0.5, 0.6) is 0 Å². The van der Waals surface area contributed by atoms with Crippen LogP contribution in [0.25, 0.3) is 0 Å². The molecule has 152 valence electrons. The molecule has 0 aliphatic heterocycles. The molecule has 0 spiro atoms. The third-order valence-corrected chi connectivity index (χ3v) is 5.26. The Bertz CT molecular complexity index is 916. The second-order valence-corrected chi connectivity index (χ2v) is 8.34. The fraction of sp³-hybridized carbons (Fsp3) is 0.316. The molecule has 0 bridgehead atoms. The SMILES string of the molecule is C[C@H](CNC(=O)CN(c1cccc(C(F)(F)F)c1)S(C)(=O)=O)c1ccccc1. The zero-order valence-electron chi connectivity index (χ0n) is 15.4. The van der Waals surface area contributed by atoms with E-state index in [1.54, 1.807) is 0 Å². The van der Waals surface area contributed by atoms with Crippen molar-refractivity contribution in [2.45, 2.75) is 19.0 Å². The van der Waals surface area contributed by atoms with Crippen molar-refractivity contribution in [2.75, 3.05) is 23.7 Å². The van der Waals surface area contributed by atoms with Crippen molar-refractivity contribution < 1.29 is 26.4 Å². The summed E-state index contributed by atoms with van der Waals surface area (Å²) in [6.07, 6.45) is -3.78. The van der Waals surface area contributed by atoms with Crippen molar-refractivity contribution in [1.29, 1.82) is 0 Å². The molecule has 0 heterocycles. The third kappa shape index (κ3) is 5.98. The summed E-state index contributed by atoms with van der Waals surface area (Å²) in [5.41, 5.74) is -0.207. The molecule has 5 nitrogen and oxygen atoms in total. The summed E-state index contributed by atoms with van der Waals surface area (Å²) in [7, 11) is -3.96. The van der Waals surface area contributed by atoms with Gasteiger partial charge in [0, 0.05) is 6.54 Å². The molecule has 0 saturated carbocycles. The molecule has 9 heteroatoms. The average molecular weight is 414 g/mol. The summed E-state index contributed by atoms with van der Waals surface area (Å²) in [5, 5.41) is 2.63. The third-order valence-electron chi connectivity index (χ3n) is 4.12. The molecule has 1 N–H and O–H groups in total. The van der Waals surface area contributed by atoms with Gasteiger partial charge in [-0.1, -0.05) is 43.3 Å². The van der Waals surface area contributed by atoms with Crippen molar-refractivity contribution in [1.82, 2.24) is 5.32 Å². The van der Waals surface area contributed by atoms with Gasteiger partial charge in [0.2, 0.25) is 15.9 Å². The topological polar surface area (TPSA) is 66.5 Å². The van der Waals surface area contributed by atoms with E-state index in [9.17, 15) is 26.4 Å². The second kappa shape index (κ2) is 8.64. The zero-order valence-corrected chi connectivity index (χ0v) is 16.2. The second-order valence-electron chi connectivity index (χ2n) is 6.43. The Morgan fingerprint density at radius 1 is 1.11 bits per heavy atom. The first-order chi connectivity index (χ1) is 13.0. The highest BCUT2D eigenvalue weighted by molar-refractivity contribution is 7.92. The molecule has 1 atom stereocenters. The molecule has 0 aliphatic rings. The van der Waals surface area contributed by atoms with E-state index >= 15 is 0 Å². The molecule has 1 amide bonds. The first kappa shape index (κ1) is 21.7. The molecular formula is C19H21F3N2O3S. The lowest BCUT2D eigenvalue weighted by atomic mass is 10.0. The van der Waals surface area contributed by atoms with Crippen LogP contribution in [-0.2, 0) is 21.0 Å². The van der Waals surface area contributed by atoms with Crippen molar-refractivity contribution >= 4 is 21.6 Å². The lowest BCUT2D eigenvalue weighted by molar-refractivity contribution is -0.137. The first-order valence-electron chi connectivity index (χ1n) is 8.45. The first-order valence-corrected chi connectivity index (χ1v) is 10.3. The molecule has 0 fully saturated rings. The number of carbonyl (C=O) groups is 1. The minimum absolute atomic E-state index is 0.00890. The lowest BCUT2D eigenvalue weighted by Gasteiger charge is -2.23. The van der Waals surface area contributed by atoms with Gasteiger partial charge in [0.05, 0.1) is 17.5 Å². The van der Waals surface area contributed by atoms with E-state index in [2.05, 4.69) is 5.32 Å². The number of rotatable bonds is 7. The Morgan fingerprint density at radius 2 is 1.75 bits per heavy atom. The zero-order chi connectivity index (χ0) is 20.9. The maximum Gasteiger partial charge on any atom is 0.416 e. The van der Waals surface area contributed by atoms with Gasteiger partial charge in [-0.2, -0.15) is 13.2 Å². The molecule has 2 aromatic rings. The number of halogens is 3. The Labute approximate surface area is 162 Å². The number of nitrogens with one attached hydrogen (secondary N) is 1. The van der Waals surface area contributed by atoms with Gasteiger partial charge in [-0.25, -0.2) is 8.42 Å². The summed E-state index contributed by atoms with van der Waals surface area (Å²) in [4.78, 5) is 12.3. The molecule has 0 unspecified atom stereocenters. The Kier molecular flexibility index (Phi) is 6.71. The molecule has 28 heavy (non-hydrogen) atoms. The summed E-state index contributed by atoms with van der Waals surface area (Å²) < 4.78 is 63.5. The summed E-state index contributed by atoms with van der Waals surface area (Å²) in [5.74, 6) is -0.615. The van der Waals surface area contributed by atoms with Crippen LogP contribution in [0.3, 0.4) is 0 Å². The molecule has 0 saturated heterocycles. The molecule has 2 rings (SSSR count). The Balaban J connectivity index is 2.12. The van der Waals surface area contributed by atoms with E-state index in [1.165, 1.54) is 6.07 Å². The number of sulfonamides is 1. The highest BCUT2D eigenvalue weighted by Gasteiger charge is 2.32. The molecule has 0 aliphatic carbocycles. The minimum Gasteiger partial charge on any atom is -0.354 e. The number of amides is 1. The van der Waals surface area contributed by atoms with Crippen LogP contribution >= 0.6 is 0 Å². The van der Waals surface area contributed by atoms with E-state index in [4.69, 9.17) is 0 Å². The van der Waals surface area contributed by atoms with Gasteiger partial charge in [0.15, 0.2) is 0 Å². The highest BCUT2D eigenvalue weighted by Crippen LogP contribution is 2.32. The van der Waals surface area contributed by atoms with E-state index < -0.39 is 34.2 Å². The van der Waals surface area contributed by atoms with Gasteiger partial charge >= 0.3 is 6.18 Å². The standard InChI is InChI=1S/C19H21F3N2O3S/c1-14(15-7-4-3-5-8-15)12-23-18(25)13-24(28(2,26)27)17-10-6-9-16(11-17)19(20,21)22/h3-11,14H,12-13H2,1-2H3,(H,23,25)/t14-/m1/s1. The summed E-state index contributed by atoms with van der Waals surface area (Å²) in [6, 6.07) is 13.3.